The van der Waals surface area contributed by atoms with E-state index < -0.39 is 10.0 Å². The highest BCUT2D eigenvalue weighted by Gasteiger charge is 2.13. The van der Waals surface area contributed by atoms with Crippen molar-refractivity contribution in [1.29, 1.82) is 0 Å². The van der Waals surface area contributed by atoms with Crippen molar-refractivity contribution in [2.24, 2.45) is 4.36 Å². The van der Waals surface area contributed by atoms with Crippen LogP contribution in [0.2, 0.25) is 0 Å². The van der Waals surface area contributed by atoms with Crippen LogP contribution in [0.25, 0.3) is 0 Å². The molecule has 20 heavy (non-hydrogen) atoms. The molecule has 0 amide bonds. The summed E-state index contributed by atoms with van der Waals surface area (Å²) in [6.07, 6.45) is 0. The Hall–Kier alpha value is -1.65. The molecule has 2 aromatic rings. The van der Waals surface area contributed by atoms with E-state index in [4.69, 9.17) is 4.18 Å². The molecule has 0 aromatic heterocycles. The van der Waals surface area contributed by atoms with Crippen LogP contribution in [0.3, 0.4) is 0 Å². The predicted octanol–water partition coefficient (Wildman–Crippen LogP) is 4.41. The second-order valence-corrected chi connectivity index (χ2v) is 6.46. The van der Waals surface area contributed by atoms with E-state index in [0.717, 1.165) is 11.1 Å². The van der Waals surface area contributed by atoms with Gasteiger partial charge < -0.3 is 0 Å². The monoisotopic (exact) mass is 289 g/mol. The van der Waals surface area contributed by atoms with E-state index in [1.165, 1.54) is 0 Å². The first kappa shape index (κ1) is 14.8. The van der Waals surface area contributed by atoms with Crippen molar-refractivity contribution in [2.75, 3.05) is 6.61 Å². The molecule has 0 bridgehead atoms. The van der Waals surface area contributed by atoms with Crippen molar-refractivity contribution in [3.05, 3.63) is 59.7 Å². The summed E-state index contributed by atoms with van der Waals surface area (Å²) in [5.41, 5.74) is 2.92. The van der Waals surface area contributed by atoms with Crippen LogP contribution in [0.4, 0.5) is 5.69 Å². The van der Waals surface area contributed by atoms with Gasteiger partial charge in [0.15, 0.2) is 10.0 Å². The third-order valence-corrected chi connectivity index (χ3v) is 4.73. The molecule has 0 saturated carbocycles. The predicted molar refractivity (Wildman–Crippen MR) is 82.5 cm³/mol. The van der Waals surface area contributed by atoms with Crippen molar-refractivity contribution in [1.82, 2.24) is 0 Å². The maximum atomic E-state index is 13.0. The van der Waals surface area contributed by atoms with Crippen molar-refractivity contribution in [2.45, 2.75) is 25.7 Å². The van der Waals surface area contributed by atoms with Gasteiger partial charge in [-0.3, -0.25) is 4.18 Å². The van der Waals surface area contributed by atoms with Crippen LogP contribution in [0.15, 0.2) is 57.8 Å². The van der Waals surface area contributed by atoms with Gasteiger partial charge in [0.2, 0.25) is 0 Å². The van der Waals surface area contributed by atoms with Gasteiger partial charge in [0, 0.05) is 0 Å². The Kier molecular flexibility index (Phi) is 4.57. The van der Waals surface area contributed by atoms with Gasteiger partial charge in [0.05, 0.1) is 17.2 Å². The first-order valence-corrected chi connectivity index (χ1v) is 8.02. The molecule has 0 heterocycles. The molecule has 0 N–H and O–H groups in total. The first-order valence-electron chi connectivity index (χ1n) is 6.58. The number of hydrogen-bond acceptors (Lipinski definition) is 3. The van der Waals surface area contributed by atoms with Crippen molar-refractivity contribution >= 4 is 15.7 Å². The minimum absolute atomic E-state index is 0.349. The van der Waals surface area contributed by atoms with Gasteiger partial charge in [-0.15, -0.1) is 0 Å². The molecule has 0 spiro atoms. The maximum absolute atomic E-state index is 13.0. The lowest BCUT2D eigenvalue weighted by Crippen LogP contribution is -2.05. The van der Waals surface area contributed by atoms with E-state index in [1.54, 1.807) is 0 Å². The largest absolute Gasteiger partial charge is 0.281 e. The Morgan fingerprint density at radius 2 is 1.45 bits per heavy atom. The van der Waals surface area contributed by atoms with E-state index in [1.807, 2.05) is 69.3 Å². The summed E-state index contributed by atoms with van der Waals surface area (Å²) >= 11 is 0. The fraction of sp³-hybridized carbons (Fsp3) is 0.250. The molecule has 0 saturated heterocycles. The Morgan fingerprint density at radius 1 is 0.950 bits per heavy atom. The summed E-state index contributed by atoms with van der Waals surface area (Å²) in [5.74, 6) is 0. The molecule has 0 aliphatic heterocycles. The first-order chi connectivity index (χ1) is 9.53. The summed E-state index contributed by atoms with van der Waals surface area (Å²) in [5, 5.41) is 0. The summed E-state index contributed by atoms with van der Waals surface area (Å²) < 4.78 is 22.7. The van der Waals surface area contributed by atoms with E-state index in [9.17, 15) is 4.21 Å². The van der Waals surface area contributed by atoms with Crippen molar-refractivity contribution < 1.29 is 8.39 Å². The number of rotatable bonds is 4. The van der Waals surface area contributed by atoms with Crippen molar-refractivity contribution in [3.8, 4) is 0 Å². The number of hydrogen-bond donors (Lipinski definition) is 0. The van der Waals surface area contributed by atoms with Crippen LogP contribution < -0.4 is 0 Å². The molecule has 2 aromatic carbocycles. The maximum Gasteiger partial charge on any atom is 0.198 e. The highest BCUT2D eigenvalue weighted by atomic mass is 32.2. The highest BCUT2D eigenvalue weighted by Crippen LogP contribution is 2.22. The number of aryl methyl sites for hydroxylation is 2. The van der Waals surface area contributed by atoms with Gasteiger partial charge >= 0.3 is 0 Å². The Bertz CT molecular complexity index is 681. The third kappa shape index (κ3) is 3.46. The van der Waals surface area contributed by atoms with Crippen LogP contribution in [-0.4, -0.2) is 10.8 Å². The Morgan fingerprint density at radius 3 is 1.95 bits per heavy atom. The van der Waals surface area contributed by atoms with Gasteiger partial charge in [-0.05, 0) is 45.0 Å². The molecule has 0 fully saturated rings. The molecule has 0 aliphatic rings. The number of nitrogens with zero attached hydrogens (tertiary/aromatic N) is 1. The van der Waals surface area contributed by atoms with E-state index in [0.29, 0.717) is 17.2 Å². The Labute approximate surface area is 121 Å². The number of benzene rings is 2. The van der Waals surface area contributed by atoms with Gasteiger partial charge in [-0.25, -0.2) is 4.21 Å². The lowest BCUT2D eigenvalue weighted by molar-refractivity contribution is 0.364. The van der Waals surface area contributed by atoms with E-state index >= 15 is 0 Å². The lowest BCUT2D eigenvalue weighted by Gasteiger charge is -2.10. The normalized spacial score (nSPS) is 13.8. The van der Waals surface area contributed by atoms with Crippen LogP contribution in [0.1, 0.15) is 18.1 Å². The topological polar surface area (TPSA) is 38.7 Å². The van der Waals surface area contributed by atoms with Gasteiger partial charge in [0.1, 0.15) is 0 Å². The third-order valence-electron chi connectivity index (χ3n) is 2.86. The smallest absolute Gasteiger partial charge is 0.198 e. The average molecular weight is 289 g/mol. The van der Waals surface area contributed by atoms with Crippen LogP contribution in [0, 0.1) is 13.8 Å². The summed E-state index contributed by atoms with van der Waals surface area (Å²) in [7, 11) is -2.88. The van der Waals surface area contributed by atoms with Gasteiger partial charge in [-0.1, -0.05) is 35.4 Å². The molecular weight excluding hydrogens is 270 g/mol. The summed E-state index contributed by atoms with van der Waals surface area (Å²) in [6, 6.07) is 15.0. The van der Waals surface area contributed by atoms with E-state index in [-0.39, 0.29) is 0 Å². The molecule has 4 heteroatoms. The van der Waals surface area contributed by atoms with Gasteiger partial charge in [0.25, 0.3) is 0 Å². The zero-order valence-corrected chi connectivity index (χ0v) is 12.8. The molecular formula is C16H19NO2S. The zero-order chi connectivity index (χ0) is 14.6. The zero-order valence-electron chi connectivity index (χ0n) is 12.0. The molecule has 1 atom stereocenters. The van der Waals surface area contributed by atoms with Crippen LogP contribution in [-0.2, 0) is 14.2 Å². The second kappa shape index (κ2) is 6.20. The van der Waals surface area contributed by atoms with E-state index in [2.05, 4.69) is 4.36 Å². The quantitative estimate of drug-likeness (QED) is 0.836. The summed E-state index contributed by atoms with van der Waals surface area (Å²) in [4.78, 5) is 0.602. The highest BCUT2D eigenvalue weighted by molar-refractivity contribution is 7.89. The second-order valence-electron chi connectivity index (χ2n) is 4.62. The molecule has 106 valence electrons. The minimum atomic E-state index is -2.88. The molecule has 0 aliphatic carbocycles. The standard InChI is InChI=1S/C16H19NO2S/c1-4-19-20(18,16-11-7-14(3)8-12-16)17-15-9-5-13(2)6-10-15/h5-12H,4H2,1-3H3. The van der Waals surface area contributed by atoms with Crippen molar-refractivity contribution in [3.63, 3.8) is 0 Å². The fourth-order valence-electron chi connectivity index (χ4n) is 1.76. The Balaban J connectivity index is 2.51. The van der Waals surface area contributed by atoms with Crippen LogP contribution >= 0.6 is 0 Å². The molecule has 2 rings (SSSR count). The molecule has 3 nitrogen and oxygen atoms in total. The average Bonchev–Trinajstić information content (AvgIpc) is 2.42. The lowest BCUT2D eigenvalue weighted by atomic mass is 10.2. The SMILES string of the molecule is CCOS(=O)(=Nc1ccc(C)cc1)c1ccc(C)cc1. The summed E-state index contributed by atoms with van der Waals surface area (Å²) in [6.45, 7) is 6.16. The van der Waals surface area contributed by atoms with Gasteiger partial charge in [-0.2, -0.15) is 4.36 Å². The molecule has 0 radical (unpaired) electrons. The minimum Gasteiger partial charge on any atom is -0.281 e. The van der Waals surface area contributed by atoms with Crippen LogP contribution in [0.5, 0.6) is 0 Å². The molecule has 1 unspecified atom stereocenters. The fourth-order valence-corrected chi connectivity index (χ4v) is 3.25.